The lowest BCUT2D eigenvalue weighted by Gasteiger charge is -2.35. The summed E-state index contributed by atoms with van der Waals surface area (Å²) in [6.45, 7) is 7.64. The minimum absolute atomic E-state index is 0.0622. The zero-order valence-corrected chi connectivity index (χ0v) is 17.9. The molecular formula is C25H32N2O2. The van der Waals surface area contributed by atoms with Gasteiger partial charge >= 0.3 is 0 Å². The fraction of sp³-hybridized carbons (Fsp3) is 0.440. The van der Waals surface area contributed by atoms with E-state index < -0.39 is 0 Å². The molecule has 1 amide bonds. The predicted octanol–water partition coefficient (Wildman–Crippen LogP) is 4.22. The molecule has 3 rings (SSSR count). The van der Waals surface area contributed by atoms with Crippen LogP contribution in [0.4, 0.5) is 0 Å². The molecule has 4 heteroatoms. The molecule has 1 unspecified atom stereocenters. The van der Waals surface area contributed by atoms with Crippen LogP contribution in [0.15, 0.2) is 48.5 Å². The third kappa shape index (κ3) is 5.54. The number of carbonyl (C=O) groups excluding carboxylic acids is 2. The molecule has 0 aromatic heterocycles. The van der Waals surface area contributed by atoms with Crippen LogP contribution >= 0.6 is 0 Å². The molecule has 1 atom stereocenters. The summed E-state index contributed by atoms with van der Waals surface area (Å²) in [7, 11) is 1.85. The van der Waals surface area contributed by atoms with Gasteiger partial charge in [-0.2, -0.15) is 0 Å². The third-order valence-electron chi connectivity index (χ3n) is 5.98. The maximum atomic E-state index is 12.9. The van der Waals surface area contributed by atoms with Crippen LogP contribution in [0.25, 0.3) is 0 Å². The molecule has 2 aromatic rings. The molecule has 29 heavy (non-hydrogen) atoms. The molecule has 0 saturated carbocycles. The third-order valence-corrected chi connectivity index (χ3v) is 5.98. The van der Waals surface area contributed by atoms with Gasteiger partial charge in [0.1, 0.15) is 0 Å². The Bertz CT molecular complexity index is 861. The van der Waals surface area contributed by atoms with Crippen LogP contribution in [-0.2, 0) is 6.42 Å². The van der Waals surface area contributed by atoms with Crippen molar-refractivity contribution in [1.29, 1.82) is 0 Å². The minimum atomic E-state index is -0.0672. The molecule has 1 heterocycles. The number of aryl methyl sites for hydroxylation is 1. The first-order valence-corrected chi connectivity index (χ1v) is 10.6. The standard InChI is InChI=1S/C25H32N2O2/c1-19-9-4-5-11-22(19)14-16-27-15-8-10-21(18-27)17-26(3)25(29)24-13-7-6-12-23(24)20(2)28/h4-7,9,11-13,21H,8,10,14-18H2,1-3H3. The molecule has 0 N–H and O–H groups in total. The number of Topliss-reactive ketones (excluding diaryl/α,β-unsaturated/α-hetero) is 1. The van der Waals surface area contributed by atoms with Crippen molar-refractivity contribution in [1.82, 2.24) is 9.80 Å². The molecule has 0 aliphatic carbocycles. The lowest BCUT2D eigenvalue weighted by molar-refractivity contribution is 0.0726. The molecule has 2 aromatic carbocycles. The number of carbonyl (C=O) groups is 2. The van der Waals surface area contributed by atoms with Crippen molar-refractivity contribution >= 4 is 11.7 Å². The fourth-order valence-electron chi connectivity index (χ4n) is 4.33. The first-order chi connectivity index (χ1) is 14.0. The number of amides is 1. The summed E-state index contributed by atoms with van der Waals surface area (Å²) < 4.78 is 0. The van der Waals surface area contributed by atoms with Crippen LogP contribution in [-0.4, -0.2) is 54.7 Å². The van der Waals surface area contributed by atoms with E-state index >= 15 is 0 Å². The molecule has 1 saturated heterocycles. The van der Waals surface area contributed by atoms with E-state index in [2.05, 4.69) is 36.1 Å². The van der Waals surface area contributed by atoms with Gasteiger partial charge in [0.15, 0.2) is 5.78 Å². The molecular weight excluding hydrogens is 360 g/mol. The average molecular weight is 393 g/mol. The van der Waals surface area contributed by atoms with Crippen molar-refractivity contribution in [3.63, 3.8) is 0 Å². The summed E-state index contributed by atoms with van der Waals surface area (Å²) in [6.07, 6.45) is 3.39. The fourth-order valence-corrected chi connectivity index (χ4v) is 4.33. The highest BCUT2D eigenvalue weighted by Crippen LogP contribution is 2.20. The van der Waals surface area contributed by atoms with Crippen molar-refractivity contribution < 1.29 is 9.59 Å². The van der Waals surface area contributed by atoms with Crippen molar-refractivity contribution in [3.8, 4) is 0 Å². The van der Waals surface area contributed by atoms with E-state index in [0.29, 0.717) is 17.0 Å². The Balaban J connectivity index is 1.56. The molecule has 0 bridgehead atoms. The zero-order valence-electron chi connectivity index (χ0n) is 17.9. The van der Waals surface area contributed by atoms with Crippen LogP contribution in [0, 0.1) is 12.8 Å². The zero-order chi connectivity index (χ0) is 20.8. The molecule has 1 fully saturated rings. The highest BCUT2D eigenvalue weighted by atomic mass is 16.2. The van der Waals surface area contributed by atoms with E-state index in [1.54, 1.807) is 23.1 Å². The largest absolute Gasteiger partial charge is 0.341 e. The molecule has 1 aliphatic rings. The van der Waals surface area contributed by atoms with Gasteiger partial charge in [0, 0.05) is 32.2 Å². The van der Waals surface area contributed by atoms with Gasteiger partial charge in [0.2, 0.25) is 0 Å². The van der Waals surface area contributed by atoms with E-state index in [4.69, 9.17) is 0 Å². The van der Waals surface area contributed by atoms with Crippen LogP contribution < -0.4 is 0 Å². The van der Waals surface area contributed by atoms with E-state index in [1.807, 2.05) is 13.1 Å². The van der Waals surface area contributed by atoms with E-state index in [9.17, 15) is 9.59 Å². The van der Waals surface area contributed by atoms with Gasteiger partial charge in [-0.25, -0.2) is 0 Å². The van der Waals surface area contributed by atoms with Crippen LogP contribution in [0.1, 0.15) is 51.6 Å². The second-order valence-electron chi connectivity index (χ2n) is 8.27. The highest BCUT2D eigenvalue weighted by Gasteiger charge is 2.24. The van der Waals surface area contributed by atoms with Gasteiger partial charge in [0.05, 0.1) is 5.56 Å². The molecule has 1 aliphatic heterocycles. The number of rotatable bonds is 7. The van der Waals surface area contributed by atoms with Gasteiger partial charge in [-0.15, -0.1) is 0 Å². The first kappa shape index (κ1) is 21.3. The van der Waals surface area contributed by atoms with Gasteiger partial charge in [-0.1, -0.05) is 42.5 Å². The smallest absolute Gasteiger partial charge is 0.254 e. The maximum Gasteiger partial charge on any atom is 0.254 e. The van der Waals surface area contributed by atoms with Crippen LogP contribution in [0.2, 0.25) is 0 Å². The first-order valence-electron chi connectivity index (χ1n) is 10.6. The number of hydrogen-bond donors (Lipinski definition) is 0. The van der Waals surface area contributed by atoms with Gasteiger partial charge < -0.3 is 9.80 Å². The second-order valence-corrected chi connectivity index (χ2v) is 8.27. The Morgan fingerprint density at radius 3 is 2.48 bits per heavy atom. The molecule has 0 spiro atoms. The van der Waals surface area contributed by atoms with Crippen molar-refractivity contribution in [3.05, 3.63) is 70.8 Å². The SMILES string of the molecule is CC(=O)c1ccccc1C(=O)N(C)CC1CCCN(CCc2ccccc2C)C1. The molecule has 0 radical (unpaired) electrons. The van der Waals surface area contributed by atoms with Crippen molar-refractivity contribution in [2.24, 2.45) is 5.92 Å². The van der Waals surface area contributed by atoms with E-state index in [0.717, 1.165) is 39.0 Å². The predicted molar refractivity (Wildman–Crippen MR) is 117 cm³/mol. The Morgan fingerprint density at radius 1 is 1.07 bits per heavy atom. The number of ketones is 1. The number of piperidine rings is 1. The summed E-state index contributed by atoms with van der Waals surface area (Å²) in [5.74, 6) is 0.342. The molecule has 154 valence electrons. The highest BCUT2D eigenvalue weighted by molar-refractivity contribution is 6.07. The van der Waals surface area contributed by atoms with E-state index in [-0.39, 0.29) is 11.7 Å². The number of likely N-dealkylation sites (tertiary alicyclic amines) is 1. The van der Waals surface area contributed by atoms with Gasteiger partial charge in [0.25, 0.3) is 5.91 Å². The lowest BCUT2D eigenvalue weighted by Crippen LogP contribution is -2.42. The maximum absolute atomic E-state index is 12.9. The second kappa shape index (κ2) is 9.84. The number of benzene rings is 2. The van der Waals surface area contributed by atoms with Crippen molar-refractivity contribution in [2.75, 3.05) is 33.2 Å². The normalized spacial score (nSPS) is 17.1. The summed E-state index contributed by atoms with van der Waals surface area (Å²) in [5.41, 5.74) is 3.79. The number of nitrogens with zero attached hydrogens (tertiary/aromatic N) is 2. The Kier molecular flexibility index (Phi) is 7.21. The average Bonchev–Trinajstić information content (AvgIpc) is 2.73. The van der Waals surface area contributed by atoms with Crippen molar-refractivity contribution in [2.45, 2.75) is 33.1 Å². The topological polar surface area (TPSA) is 40.6 Å². The Hall–Kier alpha value is -2.46. The summed E-state index contributed by atoms with van der Waals surface area (Å²) in [4.78, 5) is 29.1. The Morgan fingerprint density at radius 2 is 1.76 bits per heavy atom. The monoisotopic (exact) mass is 392 g/mol. The minimum Gasteiger partial charge on any atom is -0.341 e. The lowest BCUT2D eigenvalue weighted by atomic mass is 9.96. The van der Waals surface area contributed by atoms with Crippen LogP contribution in [0.5, 0.6) is 0 Å². The quantitative estimate of drug-likeness (QED) is 0.662. The Labute approximate surface area is 174 Å². The number of hydrogen-bond acceptors (Lipinski definition) is 3. The summed E-state index contributed by atoms with van der Waals surface area (Å²) in [5, 5.41) is 0. The van der Waals surface area contributed by atoms with Gasteiger partial charge in [-0.3, -0.25) is 9.59 Å². The van der Waals surface area contributed by atoms with Crippen LogP contribution in [0.3, 0.4) is 0 Å². The summed E-state index contributed by atoms with van der Waals surface area (Å²) in [6, 6.07) is 15.7. The molecule has 4 nitrogen and oxygen atoms in total. The summed E-state index contributed by atoms with van der Waals surface area (Å²) >= 11 is 0. The van der Waals surface area contributed by atoms with Gasteiger partial charge in [-0.05, 0) is 62.8 Å². The van der Waals surface area contributed by atoms with E-state index in [1.165, 1.54) is 24.5 Å².